The summed E-state index contributed by atoms with van der Waals surface area (Å²) in [6.45, 7) is 1.52. The van der Waals surface area contributed by atoms with Crippen molar-refractivity contribution in [2.24, 2.45) is 0 Å². The van der Waals surface area contributed by atoms with Crippen LogP contribution in [0.1, 0.15) is 35.6 Å². The molecule has 0 N–H and O–H groups in total. The fourth-order valence-electron chi connectivity index (χ4n) is 2.54. The lowest BCUT2D eigenvalue weighted by Gasteiger charge is -2.17. The molecule has 2 rings (SSSR count). The number of hydrogen-bond acceptors (Lipinski definition) is 3. The molecular weight excluding hydrogens is 412 g/mol. The van der Waals surface area contributed by atoms with Gasteiger partial charge in [0.2, 0.25) is 0 Å². The molecular formula is C21H15F6NO2. The minimum absolute atomic E-state index is 0.0495. The van der Waals surface area contributed by atoms with Crippen LogP contribution in [0.5, 0.6) is 11.5 Å². The molecule has 2 aromatic rings. The van der Waals surface area contributed by atoms with Crippen LogP contribution in [-0.2, 0) is 12.4 Å². The van der Waals surface area contributed by atoms with Crippen LogP contribution in [0, 0.1) is 23.7 Å². The van der Waals surface area contributed by atoms with Gasteiger partial charge in [-0.25, -0.2) is 0 Å². The molecule has 0 radical (unpaired) electrons. The molecule has 30 heavy (non-hydrogen) atoms. The highest BCUT2D eigenvalue weighted by Crippen LogP contribution is 2.35. The molecule has 1 atom stereocenters. The Bertz CT molecular complexity index is 983. The van der Waals surface area contributed by atoms with Crippen LogP contribution in [0.2, 0.25) is 0 Å². The van der Waals surface area contributed by atoms with E-state index in [1.807, 2.05) is 5.92 Å². The van der Waals surface area contributed by atoms with Crippen molar-refractivity contribution in [3.05, 3.63) is 58.7 Å². The quantitative estimate of drug-likeness (QED) is 0.431. The van der Waals surface area contributed by atoms with Gasteiger partial charge in [-0.1, -0.05) is 5.92 Å². The molecule has 9 heteroatoms. The summed E-state index contributed by atoms with van der Waals surface area (Å²) in [6.07, 6.45) is -4.68. The van der Waals surface area contributed by atoms with Gasteiger partial charge in [-0.3, -0.25) is 0 Å². The first-order chi connectivity index (χ1) is 14.0. The summed E-state index contributed by atoms with van der Waals surface area (Å²) in [5.74, 6) is 1.82. The zero-order valence-corrected chi connectivity index (χ0v) is 15.6. The van der Waals surface area contributed by atoms with Gasteiger partial charge in [-0.2, -0.15) is 31.6 Å². The van der Waals surface area contributed by atoms with Crippen LogP contribution in [0.3, 0.4) is 0 Å². The fourth-order valence-corrected chi connectivity index (χ4v) is 2.54. The lowest BCUT2D eigenvalue weighted by molar-refractivity contribution is -0.138. The van der Waals surface area contributed by atoms with E-state index in [0.29, 0.717) is 0 Å². The van der Waals surface area contributed by atoms with Gasteiger partial charge in [0.15, 0.2) is 0 Å². The van der Waals surface area contributed by atoms with Gasteiger partial charge in [-0.05, 0) is 43.3 Å². The molecule has 0 aliphatic heterocycles. The highest BCUT2D eigenvalue weighted by atomic mass is 19.4. The van der Waals surface area contributed by atoms with E-state index in [9.17, 15) is 26.3 Å². The fraction of sp³-hybridized carbons (Fsp3) is 0.286. The molecule has 158 valence electrons. The summed E-state index contributed by atoms with van der Waals surface area (Å²) in [5.41, 5.74) is -2.95. The summed E-state index contributed by atoms with van der Waals surface area (Å²) >= 11 is 0. The zero-order valence-electron chi connectivity index (χ0n) is 15.6. The maximum atomic E-state index is 13.0. The Kier molecular flexibility index (Phi) is 6.88. The Morgan fingerprint density at radius 1 is 0.933 bits per heavy atom. The second-order valence-electron chi connectivity index (χ2n) is 6.23. The summed E-state index contributed by atoms with van der Waals surface area (Å²) in [5, 5.41) is 8.78. The first-order valence-electron chi connectivity index (χ1n) is 8.54. The third kappa shape index (κ3) is 5.84. The van der Waals surface area contributed by atoms with Gasteiger partial charge in [0.05, 0.1) is 35.5 Å². The number of benzene rings is 2. The van der Waals surface area contributed by atoms with Crippen molar-refractivity contribution in [3.8, 4) is 29.9 Å². The normalized spacial score (nSPS) is 12.6. The van der Waals surface area contributed by atoms with Gasteiger partial charge in [-0.15, -0.1) is 6.42 Å². The predicted molar refractivity (Wildman–Crippen MR) is 95.7 cm³/mol. The summed E-state index contributed by atoms with van der Waals surface area (Å²) in [7, 11) is 0. The molecule has 0 amide bonds. The number of alkyl halides is 6. The number of ether oxygens (including phenoxy) is 2. The van der Waals surface area contributed by atoms with Crippen molar-refractivity contribution in [1.29, 1.82) is 5.26 Å². The Morgan fingerprint density at radius 3 is 2.03 bits per heavy atom. The van der Waals surface area contributed by atoms with Crippen molar-refractivity contribution >= 4 is 0 Å². The Labute approximate surface area is 168 Å². The zero-order chi connectivity index (χ0) is 22.5. The molecule has 2 aromatic carbocycles. The number of halogens is 6. The standard InChI is InChI=1S/C21H15F6NO2/c1-3-14-4-7-17(11-18(14)20(22,23)24)30-13(2)8-9-29-16-6-5-15(12-28)19(10-16)21(25,26)27/h1,4-7,10-11,13H,8-9H2,2H3. The lowest BCUT2D eigenvalue weighted by Crippen LogP contribution is -2.17. The van der Waals surface area contributed by atoms with Crippen molar-refractivity contribution in [2.45, 2.75) is 31.8 Å². The molecule has 1 unspecified atom stereocenters. The number of rotatable bonds is 6. The third-order valence-electron chi connectivity index (χ3n) is 4.00. The van der Waals surface area contributed by atoms with E-state index < -0.39 is 35.1 Å². The van der Waals surface area contributed by atoms with Crippen molar-refractivity contribution in [1.82, 2.24) is 0 Å². The van der Waals surface area contributed by atoms with Crippen molar-refractivity contribution in [2.75, 3.05) is 6.61 Å². The van der Waals surface area contributed by atoms with Crippen LogP contribution in [0.25, 0.3) is 0 Å². The molecule has 0 heterocycles. The second kappa shape index (κ2) is 9.00. The smallest absolute Gasteiger partial charge is 0.417 e. The Hall–Kier alpha value is -3.33. The van der Waals surface area contributed by atoms with Crippen LogP contribution >= 0.6 is 0 Å². The molecule has 0 saturated carbocycles. The topological polar surface area (TPSA) is 42.2 Å². The second-order valence-corrected chi connectivity index (χ2v) is 6.23. The Balaban J connectivity index is 2.00. The monoisotopic (exact) mass is 427 g/mol. The lowest BCUT2D eigenvalue weighted by atomic mass is 10.1. The van der Waals surface area contributed by atoms with Crippen LogP contribution in [-0.4, -0.2) is 12.7 Å². The molecule has 0 saturated heterocycles. The van der Waals surface area contributed by atoms with Gasteiger partial charge < -0.3 is 9.47 Å². The number of nitrogens with zero attached hydrogens (tertiary/aromatic N) is 1. The predicted octanol–water partition coefficient (Wildman–Crippen LogP) is 5.81. The van der Waals surface area contributed by atoms with Gasteiger partial charge in [0.25, 0.3) is 0 Å². The molecule has 0 fully saturated rings. The average molecular weight is 427 g/mol. The summed E-state index contributed by atoms with van der Waals surface area (Å²) in [6, 6.07) is 7.64. The molecule has 0 bridgehead atoms. The first-order valence-corrected chi connectivity index (χ1v) is 8.54. The van der Waals surface area contributed by atoms with Crippen LogP contribution < -0.4 is 9.47 Å². The first kappa shape index (κ1) is 23.0. The Morgan fingerprint density at radius 2 is 1.47 bits per heavy atom. The largest absolute Gasteiger partial charge is 0.493 e. The summed E-state index contributed by atoms with van der Waals surface area (Å²) < 4.78 is 88.7. The number of nitriles is 1. The molecule has 0 spiro atoms. The molecule has 0 aromatic heterocycles. The molecule has 0 aliphatic rings. The van der Waals surface area contributed by atoms with E-state index >= 15 is 0 Å². The number of hydrogen-bond donors (Lipinski definition) is 0. The SMILES string of the molecule is C#Cc1ccc(OC(C)CCOc2ccc(C#N)c(C(F)(F)F)c2)cc1C(F)(F)F. The van der Waals surface area contributed by atoms with E-state index in [1.165, 1.54) is 18.2 Å². The minimum Gasteiger partial charge on any atom is -0.493 e. The maximum Gasteiger partial charge on any atom is 0.417 e. The number of terminal acetylenes is 1. The van der Waals surface area contributed by atoms with E-state index in [4.69, 9.17) is 21.2 Å². The summed E-state index contributed by atoms with van der Waals surface area (Å²) in [4.78, 5) is 0. The highest BCUT2D eigenvalue weighted by molar-refractivity contribution is 5.46. The average Bonchev–Trinajstić information content (AvgIpc) is 2.66. The van der Waals surface area contributed by atoms with Gasteiger partial charge in [0.1, 0.15) is 11.5 Å². The molecule has 0 aliphatic carbocycles. The van der Waals surface area contributed by atoms with Crippen LogP contribution in [0.4, 0.5) is 26.3 Å². The minimum atomic E-state index is -4.71. The van der Waals surface area contributed by atoms with Gasteiger partial charge >= 0.3 is 12.4 Å². The van der Waals surface area contributed by atoms with E-state index in [2.05, 4.69) is 0 Å². The highest BCUT2D eigenvalue weighted by Gasteiger charge is 2.34. The van der Waals surface area contributed by atoms with Crippen molar-refractivity contribution in [3.63, 3.8) is 0 Å². The van der Waals surface area contributed by atoms with E-state index in [0.717, 1.165) is 24.3 Å². The third-order valence-corrected chi connectivity index (χ3v) is 4.00. The maximum absolute atomic E-state index is 13.0. The van der Waals surface area contributed by atoms with E-state index in [1.54, 1.807) is 6.92 Å². The van der Waals surface area contributed by atoms with Gasteiger partial charge in [0, 0.05) is 12.0 Å². The van der Waals surface area contributed by atoms with E-state index in [-0.39, 0.29) is 30.1 Å². The molecule has 3 nitrogen and oxygen atoms in total. The van der Waals surface area contributed by atoms with Crippen LogP contribution in [0.15, 0.2) is 36.4 Å². The van der Waals surface area contributed by atoms with Crippen molar-refractivity contribution < 1.29 is 35.8 Å².